The Morgan fingerprint density at radius 2 is 1.25 bits per heavy atom. The number of hydrogen-bond donors (Lipinski definition) is 9. The second-order valence-electron chi connectivity index (χ2n) is 13.4. The van der Waals surface area contributed by atoms with Crippen molar-refractivity contribution < 1.29 is 33.9 Å². The number of nitrogens with two attached hydrogens (primary N) is 1. The van der Waals surface area contributed by atoms with Crippen LogP contribution in [0, 0.1) is 11.8 Å². The summed E-state index contributed by atoms with van der Waals surface area (Å²) in [5.41, 5.74) is 5.88. The number of carboxylic acids is 1. The summed E-state index contributed by atoms with van der Waals surface area (Å²) in [6, 6.07) is 5.85. The molecule has 17 heteroatoms. The number of hydrogen-bond acceptors (Lipinski definition) is 10. The van der Waals surface area contributed by atoms with Gasteiger partial charge >= 0.3 is 5.97 Å². The fourth-order valence-corrected chi connectivity index (χ4v) is 5.48. The van der Waals surface area contributed by atoms with Crippen molar-refractivity contribution in [2.24, 2.45) is 17.6 Å². The molecule has 0 aliphatic carbocycles. The molecular weight excluding hydrogens is 672 g/mol. The van der Waals surface area contributed by atoms with Gasteiger partial charge in [0.25, 0.3) is 23.6 Å². The predicted octanol–water partition coefficient (Wildman–Crippen LogP) is 0.783. The third-order valence-electron chi connectivity index (χ3n) is 8.04. The standard InChI is InChI=1S/C35H50N10O7/c1-19(2)11-23(14-36)43-32(48)28-27(38-17-39-28)31(47)42-21(5)26(46)16-37-15-24(12-20(3)4)44-33(49)29-30(41-18-40-29)34(50)45-25(35(51)52)13-22-9-7-6-8-10-22/h6-10,17-21,23-25,37H,11-16,36H2,1-5H3,(H,38,39)(H,40,41)(H,42,47)(H,43,48)(H,44,49)(H,45,50)(H,51,52)/t21-,23-,24-,25-/m0/s1. The number of aromatic amines is 2. The number of carboxylic acid groups (broad SMARTS) is 1. The van der Waals surface area contributed by atoms with Crippen LogP contribution in [0.25, 0.3) is 0 Å². The zero-order chi connectivity index (χ0) is 38.4. The first kappa shape index (κ1) is 41.0. The molecule has 3 rings (SSSR count). The molecule has 0 saturated heterocycles. The maximum absolute atomic E-state index is 13.3. The Bertz CT molecular complexity index is 1670. The van der Waals surface area contributed by atoms with Crippen LogP contribution in [-0.4, -0.2) is 104 Å². The maximum atomic E-state index is 13.3. The molecule has 4 amide bonds. The van der Waals surface area contributed by atoms with Gasteiger partial charge in [-0.25, -0.2) is 14.8 Å². The number of rotatable bonds is 21. The summed E-state index contributed by atoms with van der Waals surface area (Å²) in [4.78, 5) is 90.3. The zero-order valence-electron chi connectivity index (χ0n) is 30.1. The smallest absolute Gasteiger partial charge is 0.326 e. The lowest BCUT2D eigenvalue weighted by Crippen LogP contribution is -2.47. The van der Waals surface area contributed by atoms with Crippen LogP contribution in [0.15, 0.2) is 43.0 Å². The molecule has 3 aromatic rings. The molecule has 0 unspecified atom stereocenters. The van der Waals surface area contributed by atoms with Crippen LogP contribution >= 0.6 is 0 Å². The summed E-state index contributed by atoms with van der Waals surface area (Å²) in [6.07, 6.45) is 3.59. The highest BCUT2D eigenvalue weighted by molar-refractivity contribution is 6.06. The number of nitrogens with one attached hydrogen (secondary N) is 7. The van der Waals surface area contributed by atoms with Crippen LogP contribution in [-0.2, 0) is 16.0 Å². The van der Waals surface area contributed by atoms with Gasteiger partial charge in [-0.15, -0.1) is 0 Å². The number of carbonyl (C=O) groups excluding carboxylic acids is 5. The average Bonchev–Trinajstić information content (AvgIpc) is 3.78. The van der Waals surface area contributed by atoms with Crippen LogP contribution < -0.4 is 32.3 Å². The lowest BCUT2D eigenvalue weighted by Gasteiger charge is -2.22. The number of Topliss-reactive ketones (excluding diaryl/α,β-unsaturated/α-hetero) is 1. The average molecular weight is 723 g/mol. The van der Waals surface area contributed by atoms with Gasteiger partial charge in [0.15, 0.2) is 17.2 Å². The first-order valence-corrected chi connectivity index (χ1v) is 17.2. The highest BCUT2D eigenvalue weighted by Crippen LogP contribution is 2.11. The molecule has 10 N–H and O–H groups in total. The fraction of sp³-hybridized carbons (Fsp3) is 0.486. The van der Waals surface area contributed by atoms with Crippen molar-refractivity contribution in [1.29, 1.82) is 0 Å². The molecule has 1 aromatic carbocycles. The van der Waals surface area contributed by atoms with E-state index < -0.39 is 47.7 Å². The van der Waals surface area contributed by atoms with E-state index in [2.05, 4.69) is 46.5 Å². The Labute approximate surface area is 302 Å². The minimum absolute atomic E-state index is 0.0380. The van der Waals surface area contributed by atoms with Crippen LogP contribution in [0.4, 0.5) is 0 Å². The molecule has 0 aliphatic rings. The van der Waals surface area contributed by atoms with Crippen molar-refractivity contribution in [2.75, 3.05) is 19.6 Å². The fourth-order valence-electron chi connectivity index (χ4n) is 5.48. The van der Waals surface area contributed by atoms with Crippen molar-refractivity contribution >= 4 is 35.4 Å². The largest absolute Gasteiger partial charge is 0.480 e. The Hall–Kier alpha value is -5.42. The number of ketones is 1. The second kappa shape index (κ2) is 19.8. The number of carbonyl (C=O) groups is 6. The van der Waals surface area contributed by atoms with Crippen molar-refractivity contribution in [2.45, 2.75) is 78.0 Å². The predicted molar refractivity (Wildman–Crippen MR) is 191 cm³/mol. The van der Waals surface area contributed by atoms with Crippen molar-refractivity contribution in [3.63, 3.8) is 0 Å². The molecule has 2 heterocycles. The van der Waals surface area contributed by atoms with Crippen LogP contribution in [0.2, 0.25) is 0 Å². The number of H-pyrrole nitrogens is 2. The van der Waals surface area contributed by atoms with Gasteiger partial charge in [0.1, 0.15) is 17.4 Å². The van der Waals surface area contributed by atoms with E-state index in [9.17, 15) is 33.9 Å². The lowest BCUT2D eigenvalue weighted by atomic mass is 10.0. The Balaban J connectivity index is 1.56. The highest BCUT2D eigenvalue weighted by atomic mass is 16.4. The quantitative estimate of drug-likeness (QED) is 0.0742. The SMILES string of the molecule is CC(C)C[C@@H](CN)NC(=O)c1nc[nH]c1C(=O)N[C@@H](C)C(=O)CNC[C@H](CC(C)C)NC(=O)c1nc[nH]c1C(=O)N[C@@H](Cc1ccccc1)C(=O)O. The minimum atomic E-state index is -1.25. The maximum Gasteiger partial charge on any atom is 0.326 e. The minimum Gasteiger partial charge on any atom is -0.480 e. The van der Waals surface area contributed by atoms with E-state index in [4.69, 9.17) is 5.73 Å². The van der Waals surface area contributed by atoms with Gasteiger partial charge in [-0.05, 0) is 37.2 Å². The molecule has 282 valence electrons. The second-order valence-corrected chi connectivity index (χ2v) is 13.4. The van der Waals surface area contributed by atoms with Gasteiger partial charge < -0.3 is 47.4 Å². The molecule has 0 radical (unpaired) electrons. The van der Waals surface area contributed by atoms with E-state index in [1.54, 1.807) is 30.3 Å². The van der Waals surface area contributed by atoms with Gasteiger partial charge in [0, 0.05) is 31.6 Å². The third kappa shape index (κ3) is 12.4. The Morgan fingerprint density at radius 3 is 1.77 bits per heavy atom. The molecular formula is C35H50N10O7. The Kier molecular flexibility index (Phi) is 15.6. The summed E-state index contributed by atoms with van der Waals surface area (Å²) in [5.74, 6) is -3.87. The molecule has 0 saturated carbocycles. The van der Waals surface area contributed by atoms with E-state index in [1.807, 2.05) is 27.7 Å². The number of aliphatic carboxylic acids is 1. The molecule has 0 aliphatic heterocycles. The molecule has 0 spiro atoms. The number of nitrogens with zero attached hydrogens (tertiary/aromatic N) is 2. The third-order valence-corrected chi connectivity index (χ3v) is 8.04. The van der Waals surface area contributed by atoms with Crippen LogP contribution in [0.5, 0.6) is 0 Å². The van der Waals surface area contributed by atoms with Gasteiger partial charge in [-0.3, -0.25) is 24.0 Å². The number of amides is 4. The molecule has 2 aromatic heterocycles. The van der Waals surface area contributed by atoms with Crippen molar-refractivity contribution in [1.82, 2.24) is 46.5 Å². The molecule has 52 heavy (non-hydrogen) atoms. The van der Waals surface area contributed by atoms with E-state index in [1.165, 1.54) is 19.6 Å². The van der Waals surface area contributed by atoms with Gasteiger partial charge in [-0.1, -0.05) is 58.0 Å². The topological polar surface area (TPSA) is 266 Å². The molecule has 0 fully saturated rings. The van der Waals surface area contributed by atoms with E-state index in [-0.39, 0.29) is 66.6 Å². The summed E-state index contributed by atoms with van der Waals surface area (Å²) >= 11 is 0. The van der Waals surface area contributed by atoms with Gasteiger partial charge in [0.05, 0.1) is 25.2 Å². The number of benzene rings is 1. The summed E-state index contributed by atoms with van der Waals surface area (Å²) < 4.78 is 0. The Morgan fingerprint density at radius 1 is 0.731 bits per heavy atom. The normalized spacial score (nSPS) is 13.5. The van der Waals surface area contributed by atoms with Crippen molar-refractivity contribution in [3.05, 3.63) is 71.3 Å². The molecule has 17 nitrogen and oxygen atoms in total. The number of aromatic nitrogens is 4. The highest BCUT2D eigenvalue weighted by Gasteiger charge is 2.28. The van der Waals surface area contributed by atoms with E-state index in [0.717, 1.165) is 0 Å². The van der Waals surface area contributed by atoms with Gasteiger partial charge in [-0.2, -0.15) is 0 Å². The number of imidazole rings is 2. The summed E-state index contributed by atoms with van der Waals surface area (Å²) in [7, 11) is 0. The van der Waals surface area contributed by atoms with E-state index in [0.29, 0.717) is 24.3 Å². The lowest BCUT2D eigenvalue weighted by molar-refractivity contribution is -0.139. The van der Waals surface area contributed by atoms with Crippen LogP contribution in [0.1, 0.15) is 95.0 Å². The summed E-state index contributed by atoms with van der Waals surface area (Å²) in [6.45, 7) is 9.68. The first-order chi connectivity index (χ1) is 24.7. The van der Waals surface area contributed by atoms with Crippen LogP contribution in [0.3, 0.4) is 0 Å². The van der Waals surface area contributed by atoms with Gasteiger partial charge in [0.2, 0.25) is 0 Å². The van der Waals surface area contributed by atoms with Crippen molar-refractivity contribution in [3.8, 4) is 0 Å². The first-order valence-electron chi connectivity index (χ1n) is 17.2. The molecule has 0 bridgehead atoms. The summed E-state index contributed by atoms with van der Waals surface area (Å²) in [5, 5.41) is 23.4. The molecule has 4 atom stereocenters. The monoisotopic (exact) mass is 722 g/mol. The van der Waals surface area contributed by atoms with E-state index >= 15 is 0 Å². The zero-order valence-corrected chi connectivity index (χ0v) is 30.1.